The predicted octanol–water partition coefficient (Wildman–Crippen LogP) is 7.97. The first kappa shape index (κ1) is 27.6. The number of rotatable bonds is 8. The number of hydrogen-bond donors (Lipinski definition) is 0. The molecule has 0 bridgehead atoms. The minimum Gasteiger partial charge on any atom is -0.489 e. The van der Waals surface area contributed by atoms with E-state index >= 15 is 0 Å². The molecule has 0 radical (unpaired) electrons. The summed E-state index contributed by atoms with van der Waals surface area (Å²) in [5.41, 5.74) is 6.38. The van der Waals surface area contributed by atoms with E-state index in [0.717, 1.165) is 33.6 Å². The van der Waals surface area contributed by atoms with Crippen LogP contribution in [0.5, 0.6) is 5.75 Å². The van der Waals surface area contributed by atoms with Gasteiger partial charge in [-0.2, -0.15) is 5.10 Å². The van der Waals surface area contributed by atoms with Crippen molar-refractivity contribution < 1.29 is 13.9 Å². The van der Waals surface area contributed by atoms with Crippen molar-refractivity contribution in [1.82, 2.24) is 14.7 Å². The third-order valence-electron chi connectivity index (χ3n) is 6.83. The largest absolute Gasteiger partial charge is 0.489 e. The zero-order valence-electron chi connectivity index (χ0n) is 22.7. The van der Waals surface area contributed by atoms with Gasteiger partial charge in [-0.05, 0) is 72.7 Å². The maximum absolute atomic E-state index is 13.5. The highest BCUT2D eigenvalue weighted by Gasteiger charge is 2.32. The highest BCUT2D eigenvalue weighted by Crippen LogP contribution is 2.36. The van der Waals surface area contributed by atoms with Crippen LogP contribution in [-0.4, -0.2) is 24.9 Å². The lowest BCUT2D eigenvalue weighted by Crippen LogP contribution is -2.27. The van der Waals surface area contributed by atoms with Gasteiger partial charge in [0, 0.05) is 17.3 Å². The Balaban J connectivity index is 1.28. The summed E-state index contributed by atoms with van der Waals surface area (Å²) in [6, 6.07) is 31.8. The van der Waals surface area contributed by atoms with E-state index in [-0.39, 0.29) is 11.7 Å². The normalized spacial score (nSPS) is 14.1. The molecule has 1 aliphatic rings. The zero-order valence-corrected chi connectivity index (χ0v) is 24.4. The molecule has 0 N–H and O–H groups in total. The topological polar surface area (TPSA) is 47.4 Å². The van der Waals surface area contributed by atoms with Crippen molar-refractivity contribution in [3.05, 3.63) is 142 Å². The molecule has 0 unspecified atom stereocenters. The van der Waals surface area contributed by atoms with Gasteiger partial charge < -0.3 is 4.74 Å². The monoisotopic (exact) mass is 591 g/mol. The van der Waals surface area contributed by atoms with Crippen LogP contribution < -0.4 is 4.74 Å². The van der Waals surface area contributed by atoms with Crippen LogP contribution in [-0.2, 0) is 17.9 Å². The second-order valence-electron chi connectivity index (χ2n) is 9.91. The summed E-state index contributed by atoms with van der Waals surface area (Å²) >= 11 is 6.90. The van der Waals surface area contributed by atoms with Crippen LogP contribution in [0.15, 0.2) is 114 Å². The fraction of sp³-hybridized carbons (Fsp3) is 0.0882. The van der Waals surface area contributed by atoms with E-state index < -0.39 is 0 Å². The average molecular weight is 592 g/mol. The van der Waals surface area contributed by atoms with Gasteiger partial charge in [-0.15, -0.1) is 0 Å². The first-order valence-corrected chi connectivity index (χ1v) is 14.6. The molecule has 6 rings (SSSR count). The number of carbonyl (C=O) groups excluding carboxylic acids is 1. The predicted molar refractivity (Wildman–Crippen MR) is 170 cm³/mol. The summed E-state index contributed by atoms with van der Waals surface area (Å²) in [6.07, 6.45) is 3.80. The molecule has 1 saturated heterocycles. The minimum atomic E-state index is -0.276. The Kier molecular flexibility index (Phi) is 7.99. The van der Waals surface area contributed by atoms with Crippen LogP contribution in [0.1, 0.15) is 22.3 Å². The summed E-state index contributed by atoms with van der Waals surface area (Å²) in [6.45, 7) is 2.80. The fourth-order valence-corrected chi connectivity index (χ4v) is 5.79. The number of thiocarbonyl (C=S) groups is 1. The highest BCUT2D eigenvalue weighted by molar-refractivity contribution is 8.26. The Bertz CT molecular complexity index is 1770. The molecular formula is C34H26FN3O2S2. The van der Waals surface area contributed by atoms with Gasteiger partial charge in [-0.25, -0.2) is 9.07 Å². The molecule has 1 fully saturated rings. The lowest BCUT2D eigenvalue weighted by Gasteiger charge is -2.14. The maximum Gasteiger partial charge on any atom is 0.266 e. The second kappa shape index (κ2) is 12.1. The van der Waals surface area contributed by atoms with E-state index in [2.05, 4.69) is 0 Å². The average Bonchev–Trinajstić information content (AvgIpc) is 3.55. The summed E-state index contributed by atoms with van der Waals surface area (Å²) < 4.78 is 21.5. The molecule has 2 heterocycles. The number of benzene rings is 4. The summed E-state index contributed by atoms with van der Waals surface area (Å²) in [5.74, 6) is 0.292. The lowest BCUT2D eigenvalue weighted by atomic mass is 10.1. The van der Waals surface area contributed by atoms with E-state index in [1.165, 1.54) is 29.5 Å². The quantitative estimate of drug-likeness (QED) is 0.135. The Hall–Kier alpha value is -4.53. The van der Waals surface area contributed by atoms with Gasteiger partial charge in [-0.3, -0.25) is 9.69 Å². The number of hydrogen-bond acceptors (Lipinski definition) is 5. The molecule has 5 aromatic rings. The molecule has 8 heteroatoms. The van der Waals surface area contributed by atoms with Crippen LogP contribution in [0.4, 0.5) is 4.39 Å². The van der Waals surface area contributed by atoms with Crippen molar-refractivity contribution in [2.75, 3.05) is 0 Å². The Morgan fingerprint density at radius 2 is 1.60 bits per heavy atom. The Morgan fingerprint density at radius 1 is 0.905 bits per heavy atom. The van der Waals surface area contributed by atoms with Crippen molar-refractivity contribution in [3.8, 4) is 22.7 Å². The molecule has 5 nitrogen and oxygen atoms in total. The number of thioether (sulfide) groups is 1. The molecular weight excluding hydrogens is 566 g/mol. The molecule has 0 atom stereocenters. The molecule has 42 heavy (non-hydrogen) atoms. The first-order valence-electron chi connectivity index (χ1n) is 13.4. The molecule has 4 aromatic carbocycles. The van der Waals surface area contributed by atoms with E-state index in [4.69, 9.17) is 22.1 Å². The van der Waals surface area contributed by atoms with E-state index in [1.54, 1.807) is 17.0 Å². The molecule has 0 aliphatic carbocycles. The van der Waals surface area contributed by atoms with E-state index in [0.29, 0.717) is 28.1 Å². The van der Waals surface area contributed by atoms with Gasteiger partial charge in [0.15, 0.2) is 0 Å². The number of amides is 1. The third kappa shape index (κ3) is 6.20. The van der Waals surface area contributed by atoms with E-state index in [9.17, 15) is 9.18 Å². The number of carbonyl (C=O) groups is 1. The van der Waals surface area contributed by atoms with Crippen molar-refractivity contribution in [2.45, 2.75) is 20.1 Å². The molecule has 1 aliphatic heterocycles. The Labute approximate surface area is 253 Å². The molecule has 208 valence electrons. The van der Waals surface area contributed by atoms with Crippen LogP contribution in [0.3, 0.4) is 0 Å². The van der Waals surface area contributed by atoms with Crippen LogP contribution in [0, 0.1) is 12.7 Å². The highest BCUT2D eigenvalue weighted by atomic mass is 32.2. The number of halogens is 1. The maximum atomic E-state index is 13.5. The lowest BCUT2D eigenvalue weighted by molar-refractivity contribution is -0.122. The van der Waals surface area contributed by atoms with Crippen LogP contribution >= 0.6 is 24.0 Å². The fourth-order valence-electron chi connectivity index (χ4n) is 4.54. The number of para-hydroxylation sites is 1. The SMILES string of the molecule is Cc1ccc(CN2C(=O)/C(=C\c3cn(-c4ccccc4)nc3-c3ccc(OCc4ccc(F)cc4)cc3)SC2=S)cc1. The smallest absolute Gasteiger partial charge is 0.266 e. The van der Waals surface area contributed by atoms with Crippen molar-refractivity contribution in [3.63, 3.8) is 0 Å². The van der Waals surface area contributed by atoms with E-state index in [1.807, 2.05) is 103 Å². The molecule has 0 spiro atoms. The standard InChI is InChI=1S/C34H26FN3O2S2/c1-23-7-9-24(10-8-23)20-37-33(39)31(42-34(37)41)19-27-21-38(29-5-3-2-4-6-29)36-32(27)26-13-17-30(18-14-26)40-22-25-11-15-28(35)16-12-25/h2-19,21H,20,22H2,1H3/b31-19+. The van der Waals surface area contributed by atoms with Gasteiger partial charge in [0.25, 0.3) is 5.91 Å². The second-order valence-corrected chi connectivity index (χ2v) is 11.6. The first-order chi connectivity index (χ1) is 20.4. The summed E-state index contributed by atoms with van der Waals surface area (Å²) in [4.78, 5) is 15.7. The number of aryl methyl sites for hydroxylation is 1. The number of nitrogens with zero attached hydrogens (tertiary/aromatic N) is 3. The van der Waals surface area contributed by atoms with Gasteiger partial charge in [-0.1, -0.05) is 84.1 Å². The van der Waals surface area contributed by atoms with Crippen molar-refractivity contribution in [1.29, 1.82) is 0 Å². The van der Waals surface area contributed by atoms with Gasteiger partial charge in [0.05, 0.1) is 22.8 Å². The minimum absolute atomic E-state index is 0.117. The zero-order chi connectivity index (χ0) is 29.1. The van der Waals surface area contributed by atoms with Gasteiger partial charge in [0.1, 0.15) is 22.5 Å². The molecule has 1 aromatic heterocycles. The molecule has 1 amide bonds. The summed E-state index contributed by atoms with van der Waals surface area (Å²) in [7, 11) is 0. The third-order valence-corrected chi connectivity index (χ3v) is 8.21. The van der Waals surface area contributed by atoms with Crippen LogP contribution in [0.25, 0.3) is 23.0 Å². The van der Waals surface area contributed by atoms with Gasteiger partial charge in [0.2, 0.25) is 0 Å². The number of aromatic nitrogens is 2. The van der Waals surface area contributed by atoms with Crippen molar-refractivity contribution >= 4 is 40.3 Å². The van der Waals surface area contributed by atoms with Crippen molar-refractivity contribution in [2.24, 2.45) is 0 Å². The summed E-state index contributed by atoms with van der Waals surface area (Å²) in [5, 5.41) is 4.89. The molecule has 0 saturated carbocycles. The number of ether oxygens (including phenoxy) is 1. The van der Waals surface area contributed by atoms with Gasteiger partial charge >= 0.3 is 0 Å². The van der Waals surface area contributed by atoms with Crippen LogP contribution in [0.2, 0.25) is 0 Å². The Morgan fingerprint density at radius 3 is 2.31 bits per heavy atom.